The normalized spacial score (nSPS) is 14.8. The lowest BCUT2D eigenvalue weighted by Gasteiger charge is -2.36. The van der Waals surface area contributed by atoms with Gasteiger partial charge in [-0.1, -0.05) is 30.3 Å². The third-order valence-corrected chi connectivity index (χ3v) is 4.38. The molecule has 4 nitrogen and oxygen atoms in total. The summed E-state index contributed by atoms with van der Waals surface area (Å²) in [7, 11) is 0. The number of benzene rings is 2. The third kappa shape index (κ3) is 3.65. The maximum absolute atomic E-state index is 12.4. The van der Waals surface area contributed by atoms with Gasteiger partial charge in [-0.2, -0.15) is 0 Å². The van der Waals surface area contributed by atoms with Crippen LogP contribution in [0.5, 0.6) is 5.75 Å². The Labute approximate surface area is 137 Å². The van der Waals surface area contributed by atoms with E-state index in [1.54, 1.807) is 6.07 Å². The van der Waals surface area contributed by atoms with Gasteiger partial charge in [0.15, 0.2) is 0 Å². The van der Waals surface area contributed by atoms with Gasteiger partial charge in [0.25, 0.3) is 0 Å². The van der Waals surface area contributed by atoms with Crippen LogP contribution in [0.15, 0.2) is 48.5 Å². The summed E-state index contributed by atoms with van der Waals surface area (Å²) in [4.78, 5) is 16.6. The molecule has 0 bridgehead atoms. The predicted molar refractivity (Wildman–Crippen MR) is 91.8 cm³/mol. The third-order valence-electron chi connectivity index (χ3n) is 4.38. The van der Waals surface area contributed by atoms with Crippen molar-refractivity contribution in [3.8, 4) is 5.75 Å². The van der Waals surface area contributed by atoms with E-state index in [2.05, 4.69) is 4.90 Å². The second kappa shape index (κ2) is 6.73. The lowest BCUT2D eigenvalue weighted by atomic mass is 10.1. The topological polar surface area (TPSA) is 43.8 Å². The molecule has 1 fully saturated rings. The number of rotatable bonds is 3. The van der Waals surface area contributed by atoms with E-state index < -0.39 is 0 Å². The molecule has 2 aromatic rings. The Morgan fingerprint density at radius 3 is 2.39 bits per heavy atom. The van der Waals surface area contributed by atoms with Crippen LogP contribution in [0.4, 0.5) is 5.69 Å². The number of phenolic OH excluding ortho intramolecular Hbond substituents is 1. The summed E-state index contributed by atoms with van der Waals surface area (Å²) in [6.45, 7) is 5.03. The first kappa shape index (κ1) is 15.4. The zero-order valence-corrected chi connectivity index (χ0v) is 13.4. The van der Waals surface area contributed by atoms with Gasteiger partial charge in [-0.25, -0.2) is 0 Å². The fourth-order valence-corrected chi connectivity index (χ4v) is 2.93. The highest BCUT2D eigenvalue weighted by Gasteiger charge is 2.21. The minimum absolute atomic E-state index is 0.192. The van der Waals surface area contributed by atoms with Gasteiger partial charge in [-0.05, 0) is 36.2 Å². The van der Waals surface area contributed by atoms with Crippen LogP contribution in [-0.4, -0.2) is 42.1 Å². The number of anilines is 1. The number of phenols is 1. The molecule has 1 aliphatic rings. The van der Waals surface area contributed by atoms with Crippen LogP contribution in [0.1, 0.15) is 11.1 Å². The average molecular weight is 310 g/mol. The average Bonchev–Trinajstić information content (AvgIpc) is 2.58. The van der Waals surface area contributed by atoms with Gasteiger partial charge in [0.2, 0.25) is 5.91 Å². The quantitative estimate of drug-likeness (QED) is 0.947. The summed E-state index contributed by atoms with van der Waals surface area (Å²) in [6.07, 6.45) is 0.471. The molecule has 1 amide bonds. The van der Waals surface area contributed by atoms with Gasteiger partial charge in [-0.15, -0.1) is 0 Å². The zero-order chi connectivity index (χ0) is 16.2. The fraction of sp³-hybridized carbons (Fsp3) is 0.316. The predicted octanol–water partition coefficient (Wildman–Crippen LogP) is 2.59. The molecule has 23 heavy (non-hydrogen) atoms. The minimum atomic E-state index is 0.192. The van der Waals surface area contributed by atoms with Crippen LogP contribution in [0.3, 0.4) is 0 Å². The van der Waals surface area contributed by atoms with Crippen LogP contribution in [0, 0.1) is 6.92 Å². The molecule has 0 atom stereocenters. The fourth-order valence-electron chi connectivity index (χ4n) is 2.93. The van der Waals surface area contributed by atoms with Crippen LogP contribution in [0.25, 0.3) is 0 Å². The Balaban J connectivity index is 1.57. The molecule has 3 rings (SSSR count). The van der Waals surface area contributed by atoms with Crippen molar-refractivity contribution in [1.82, 2.24) is 4.90 Å². The Bertz CT molecular complexity index is 677. The second-order valence-corrected chi connectivity index (χ2v) is 6.00. The van der Waals surface area contributed by atoms with Crippen molar-refractivity contribution in [2.24, 2.45) is 0 Å². The lowest BCUT2D eigenvalue weighted by Crippen LogP contribution is -2.49. The van der Waals surface area contributed by atoms with Gasteiger partial charge in [0.1, 0.15) is 5.75 Å². The van der Waals surface area contributed by atoms with Crippen LogP contribution in [-0.2, 0) is 11.2 Å². The highest BCUT2D eigenvalue weighted by molar-refractivity contribution is 5.79. The molecule has 120 valence electrons. The van der Waals surface area contributed by atoms with Crippen molar-refractivity contribution in [1.29, 1.82) is 0 Å². The number of piperazine rings is 1. The Kier molecular flexibility index (Phi) is 4.51. The molecular weight excluding hydrogens is 288 g/mol. The Morgan fingerprint density at radius 1 is 1.04 bits per heavy atom. The summed E-state index contributed by atoms with van der Waals surface area (Å²) in [5.74, 6) is 0.517. The molecule has 0 unspecified atom stereocenters. The molecule has 0 aromatic heterocycles. The summed E-state index contributed by atoms with van der Waals surface area (Å²) in [5, 5.41) is 9.63. The molecule has 1 saturated heterocycles. The van der Waals surface area contributed by atoms with Crippen molar-refractivity contribution in [2.45, 2.75) is 13.3 Å². The first-order valence-corrected chi connectivity index (χ1v) is 8.00. The van der Waals surface area contributed by atoms with Gasteiger partial charge >= 0.3 is 0 Å². The summed E-state index contributed by atoms with van der Waals surface area (Å²) < 4.78 is 0. The number of nitrogens with zero attached hydrogens (tertiary/aromatic N) is 2. The number of hydrogen-bond donors (Lipinski definition) is 1. The lowest BCUT2D eigenvalue weighted by molar-refractivity contribution is -0.130. The molecule has 1 N–H and O–H groups in total. The highest BCUT2D eigenvalue weighted by atomic mass is 16.3. The summed E-state index contributed by atoms with van der Waals surface area (Å²) in [5.41, 5.74) is 3.05. The molecule has 1 aliphatic heterocycles. The highest BCUT2D eigenvalue weighted by Crippen LogP contribution is 2.24. The summed E-state index contributed by atoms with van der Waals surface area (Å²) >= 11 is 0. The van der Waals surface area contributed by atoms with Gasteiger partial charge in [-0.3, -0.25) is 4.79 Å². The zero-order valence-electron chi connectivity index (χ0n) is 13.4. The molecule has 0 radical (unpaired) electrons. The minimum Gasteiger partial charge on any atom is -0.508 e. The van der Waals surface area contributed by atoms with E-state index in [9.17, 15) is 9.90 Å². The van der Waals surface area contributed by atoms with E-state index >= 15 is 0 Å². The maximum Gasteiger partial charge on any atom is 0.227 e. The van der Waals surface area contributed by atoms with E-state index in [1.807, 2.05) is 54.3 Å². The maximum atomic E-state index is 12.4. The number of hydrogen-bond acceptors (Lipinski definition) is 3. The SMILES string of the molecule is Cc1cc(N2CCN(C(=O)Cc3ccccc3)CC2)ccc1O. The van der Waals surface area contributed by atoms with Crippen molar-refractivity contribution in [3.63, 3.8) is 0 Å². The molecule has 2 aromatic carbocycles. The monoisotopic (exact) mass is 310 g/mol. The Morgan fingerprint density at radius 2 is 1.74 bits per heavy atom. The molecule has 0 aliphatic carbocycles. The Hall–Kier alpha value is -2.49. The van der Waals surface area contributed by atoms with Crippen molar-refractivity contribution < 1.29 is 9.90 Å². The molecule has 4 heteroatoms. The molecule has 0 spiro atoms. The van der Waals surface area contributed by atoms with E-state index in [4.69, 9.17) is 0 Å². The number of carbonyl (C=O) groups excluding carboxylic acids is 1. The second-order valence-electron chi connectivity index (χ2n) is 6.00. The van der Waals surface area contributed by atoms with Crippen molar-refractivity contribution >= 4 is 11.6 Å². The van der Waals surface area contributed by atoms with Crippen LogP contribution >= 0.6 is 0 Å². The van der Waals surface area contributed by atoms with Gasteiger partial charge < -0.3 is 14.9 Å². The van der Waals surface area contributed by atoms with Gasteiger partial charge in [0, 0.05) is 31.9 Å². The van der Waals surface area contributed by atoms with Crippen LogP contribution < -0.4 is 4.90 Å². The number of amides is 1. The largest absolute Gasteiger partial charge is 0.508 e. The van der Waals surface area contributed by atoms with E-state index in [0.717, 1.165) is 43.0 Å². The first-order valence-electron chi connectivity index (χ1n) is 8.00. The van der Waals surface area contributed by atoms with E-state index in [-0.39, 0.29) is 5.91 Å². The van der Waals surface area contributed by atoms with E-state index in [1.165, 1.54) is 0 Å². The number of carbonyl (C=O) groups is 1. The summed E-state index contributed by atoms with van der Waals surface area (Å²) in [6, 6.07) is 15.5. The number of aromatic hydroxyl groups is 1. The molecule has 0 saturated carbocycles. The van der Waals surface area contributed by atoms with Gasteiger partial charge in [0.05, 0.1) is 6.42 Å². The molecule has 1 heterocycles. The number of aryl methyl sites for hydroxylation is 1. The van der Waals surface area contributed by atoms with Crippen LogP contribution in [0.2, 0.25) is 0 Å². The van der Waals surface area contributed by atoms with Crippen molar-refractivity contribution in [2.75, 3.05) is 31.1 Å². The first-order chi connectivity index (χ1) is 11.1. The standard InChI is InChI=1S/C19H22N2O2/c1-15-13-17(7-8-18(15)22)20-9-11-21(12-10-20)19(23)14-16-5-3-2-4-6-16/h2-8,13,22H,9-12,14H2,1H3. The van der Waals surface area contributed by atoms with Crippen molar-refractivity contribution in [3.05, 3.63) is 59.7 Å². The smallest absolute Gasteiger partial charge is 0.227 e. The molecular formula is C19H22N2O2. The van der Waals surface area contributed by atoms with E-state index in [0.29, 0.717) is 12.2 Å².